The molecule has 0 saturated heterocycles. The van der Waals surface area contributed by atoms with E-state index in [2.05, 4.69) is 20.5 Å². The van der Waals surface area contributed by atoms with Gasteiger partial charge in [0.25, 0.3) is 5.91 Å². The molecule has 1 heterocycles. The van der Waals surface area contributed by atoms with E-state index in [-0.39, 0.29) is 11.8 Å². The predicted molar refractivity (Wildman–Crippen MR) is 139 cm³/mol. The van der Waals surface area contributed by atoms with Gasteiger partial charge in [-0.25, -0.2) is 0 Å². The molecule has 2 amide bonds. The summed E-state index contributed by atoms with van der Waals surface area (Å²) in [5, 5.41) is 7.03. The number of benzene rings is 2. The first-order valence-corrected chi connectivity index (χ1v) is 12.4. The molecule has 1 aromatic heterocycles. The SMILES string of the molecule is Cc1c(C(=O)N[C@@H](CCC2CC2)C(=O)NCc2cccc(OCCN(C)C)c2)[nH]c2ccccc12. The Kier molecular flexibility index (Phi) is 8.08. The molecule has 0 radical (unpaired) electrons. The number of nitrogens with one attached hydrogen (secondary N) is 3. The van der Waals surface area contributed by atoms with Gasteiger partial charge in [0, 0.05) is 24.0 Å². The van der Waals surface area contributed by atoms with Crippen LogP contribution in [-0.4, -0.2) is 55.0 Å². The van der Waals surface area contributed by atoms with Gasteiger partial charge in [-0.15, -0.1) is 0 Å². The third-order valence-corrected chi connectivity index (χ3v) is 6.55. The summed E-state index contributed by atoms with van der Waals surface area (Å²) in [5.74, 6) is 1.05. The molecule has 3 N–H and O–H groups in total. The maximum atomic E-state index is 13.1. The van der Waals surface area contributed by atoms with Crippen LogP contribution in [0.1, 0.15) is 47.3 Å². The van der Waals surface area contributed by atoms with Gasteiger partial charge < -0.3 is 25.3 Å². The number of aryl methyl sites for hydroxylation is 1. The number of nitrogens with zero attached hydrogens (tertiary/aromatic N) is 1. The highest BCUT2D eigenvalue weighted by Gasteiger charge is 2.27. The zero-order valence-electron chi connectivity index (χ0n) is 20.9. The van der Waals surface area contributed by atoms with Gasteiger partial charge in [0.2, 0.25) is 5.91 Å². The molecule has 35 heavy (non-hydrogen) atoms. The molecule has 7 heteroatoms. The first kappa shape index (κ1) is 24.8. The summed E-state index contributed by atoms with van der Waals surface area (Å²) >= 11 is 0. The molecule has 0 spiro atoms. The van der Waals surface area contributed by atoms with Gasteiger partial charge in [-0.1, -0.05) is 43.2 Å². The lowest BCUT2D eigenvalue weighted by Gasteiger charge is -2.19. The molecule has 7 nitrogen and oxygen atoms in total. The van der Waals surface area contributed by atoms with Crippen LogP contribution < -0.4 is 15.4 Å². The van der Waals surface area contributed by atoms with Crippen molar-refractivity contribution in [3.05, 3.63) is 65.4 Å². The van der Waals surface area contributed by atoms with E-state index < -0.39 is 6.04 Å². The Hall–Kier alpha value is -3.32. The lowest BCUT2D eigenvalue weighted by Crippen LogP contribution is -2.46. The van der Waals surface area contributed by atoms with Crippen molar-refractivity contribution in [1.82, 2.24) is 20.5 Å². The van der Waals surface area contributed by atoms with E-state index >= 15 is 0 Å². The van der Waals surface area contributed by atoms with E-state index in [9.17, 15) is 9.59 Å². The number of H-pyrrole nitrogens is 1. The second-order valence-electron chi connectivity index (χ2n) is 9.73. The normalized spacial score (nSPS) is 14.2. The smallest absolute Gasteiger partial charge is 0.268 e. The Labute approximate surface area is 207 Å². The van der Waals surface area contributed by atoms with Crippen LogP contribution in [0.25, 0.3) is 10.9 Å². The minimum atomic E-state index is -0.576. The van der Waals surface area contributed by atoms with Crippen molar-refractivity contribution >= 4 is 22.7 Å². The summed E-state index contributed by atoms with van der Waals surface area (Å²) in [7, 11) is 4.01. The van der Waals surface area contributed by atoms with Crippen molar-refractivity contribution in [3.63, 3.8) is 0 Å². The van der Waals surface area contributed by atoms with Crippen LogP contribution in [0.3, 0.4) is 0 Å². The molecule has 0 bridgehead atoms. The van der Waals surface area contributed by atoms with E-state index in [4.69, 9.17) is 4.74 Å². The maximum absolute atomic E-state index is 13.1. The van der Waals surface area contributed by atoms with E-state index in [0.29, 0.717) is 31.2 Å². The molecule has 0 aliphatic heterocycles. The number of carbonyl (C=O) groups excluding carboxylic acids is 2. The number of rotatable bonds is 12. The van der Waals surface area contributed by atoms with Crippen LogP contribution in [0.4, 0.5) is 0 Å². The molecule has 186 valence electrons. The lowest BCUT2D eigenvalue weighted by molar-refractivity contribution is -0.123. The Bertz CT molecular complexity index is 1170. The van der Waals surface area contributed by atoms with E-state index in [0.717, 1.165) is 40.7 Å². The number of likely N-dealkylation sites (N-methyl/N-ethyl adjacent to an activating group) is 1. The fourth-order valence-corrected chi connectivity index (χ4v) is 4.22. The molecule has 1 aliphatic rings. The predicted octanol–water partition coefficient (Wildman–Crippen LogP) is 4.02. The van der Waals surface area contributed by atoms with Crippen molar-refractivity contribution < 1.29 is 14.3 Å². The van der Waals surface area contributed by atoms with Crippen LogP contribution >= 0.6 is 0 Å². The second kappa shape index (κ2) is 11.4. The maximum Gasteiger partial charge on any atom is 0.268 e. The number of fused-ring (bicyclic) bond motifs is 1. The van der Waals surface area contributed by atoms with Gasteiger partial charge in [-0.3, -0.25) is 9.59 Å². The summed E-state index contributed by atoms with van der Waals surface area (Å²) in [6, 6.07) is 15.0. The van der Waals surface area contributed by atoms with E-state index in [1.165, 1.54) is 12.8 Å². The highest BCUT2D eigenvalue weighted by Crippen LogP contribution is 2.34. The number of ether oxygens (including phenoxy) is 1. The number of carbonyl (C=O) groups is 2. The molecule has 4 rings (SSSR count). The average molecular weight is 477 g/mol. The summed E-state index contributed by atoms with van der Waals surface area (Å²) in [5.41, 5.74) is 3.28. The number of para-hydroxylation sites is 1. The third-order valence-electron chi connectivity index (χ3n) is 6.55. The van der Waals surface area contributed by atoms with Gasteiger partial charge in [-0.05, 0) is 69.1 Å². The zero-order valence-corrected chi connectivity index (χ0v) is 20.9. The van der Waals surface area contributed by atoms with Gasteiger partial charge in [-0.2, -0.15) is 0 Å². The monoisotopic (exact) mass is 476 g/mol. The van der Waals surface area contributed by atoms with Gasteiger partial charge in [0.15, 0.2) is 0 Å². The minimum absolute atomic E-state index is 0.160. The van der Waals surface area contributed by atoms with Crippen molar-refractivity contribution in [2.24, 2.45) is 5.92 Å². The molecular weight excluding hydrogens is 440 g/mol. The third kappa shape index (κ3) is 6.85. The van der Waals surface area contributed by atoms with E-state index in [1.54, 1.807) is 0 Å². The fourth-order valence-electron chi connectivity index (χ4n) is 4.22. The number of aromatic nitrogens is 1. The van der Waals surface area contributed by atoms with Crippen molar-refractivity contribution in [1.29, 1.82) is 0 Å². The molecule has 1 atom stereocenters. The molecule has 0 unspecified atom stereocenters. The summed E-state index contributed by atoms with van der Waals surface area (Å²) < 4.78 is 5.81. The van der Waals surface area contributed by atoms with Crippen LogP contribution in [-0.2, 0) is 11.3 Å². The highest BCUT2D eigenvalue weighted by atomic mass is 16.5. The number of amides is 2. The number of hydrogen-bond donors (Lipinski definition) is 3. The average Bonchev–Trinajstić information content (AvgIpc) is 3.62. The van der Waals surface area contributed by atoms with Crippen LogP contribution in [0.15, 0.2) is 48.5 Å². The van der Waals surface area contributed by atoms with Crippen molar-refractivity contribution in [3.8, 4) is 5.75 Å². The molecule has 1 fully saturated rings. The molecule has 1 aliphatic carbocycles. The number of hydrogen-bond acceptors (Lipinski definition) is 4. The zero-order chi connectivity index (χ0) is 24.8. The standard InChI is InChI=1S/C28H36N4O3/c1-19-23-9-4-5-10-24(23)30-26(19)28(34)31-25(14-13-20-11-12-20)27(33)29-18-21-7-6-8-22(17-21)35-16-15-32(2)3/h4-10,17,20,25,30H,11-16,18H2,1-3H3,(H,29,33)(H,31,34)/t25-/m0/s1. The van der Waals surface area contributed by atoms with Gasteiger partial charge in [0.1, 0.15) is 24.1 Å². The van der Waals surface area contributed by atoms with Crippen LogP contribution in [0.5, 0.6) is 5.75 Å². The largest absolute Gasteiger partial charge is 0.492 e. The molecule has 3 aromatic rings. The van der Waals surface area contributed by atoms with Crippen LogP contribution in [0.2, 0.25) is 0 Å². The Morgan fingerprint density at radius 2 is 1.94 bits per heavy atom. The summed E-state index contributed by atoms with van der Waals surface area (Å²) in [4.78, 5) is 31.5. The number of aromatic amines is 1. The first-order chi connectivity index (χ1) is 16.9. The summed E-state index contributed by atoms with van der Waals surface area (Å²) in [6.07, 6.45) is 4.00. The molecule has 1 saturated carbocycles. The van der Waals surface area contributed by atoms with Gasteiger partial charge in [0.05, 0.1) is 0 Å². The molecular formula is C28H36N4O3. The lowest BCUT2D eigenvalue weighted by atomic mass is 10.1. The first-order valence-electron chi connectivity index (χ1n) is 12.4. The van der Waals surface area contributed by atoms with Gasteiger partial charge >= 0.3 is 0 Å². The fraction of sp³-hybridized carbons (Fsp3) is 0.429. The summed E-state index contributed by atoms with van der Waals surface area (Å²) in [6.45, 7) is 3.75. The topological polar surface area (TPSA) is 86.5 Å². The second-order valence-corrected chi connectivity index (χ2v) is 9.73. The van der Waals surface area contributed by atoms with Crippen LogP contribution in [0, 0.1) is 12.8 Å². The Balaban J connectivity index is 1.38. The molecule has 2 aromatic carbocycles. The van der Waals surface area contributed by atoms with Crippen molar-refractivity contribution in [2.75, 3.05) is 27.2 Å². The Morgan fingerprint density at radius 3 is 2.69 bits per heavy atom. The quantitative estimate of drug-likeness (QED) is 0.369. The Morgan fingerprint density at radius 1 is 1.14 bits per heavy atom. The van der Waals surface area contributed by atoms with Crippen molar-refractivity contribution in [2.45, 2.75) is 45.2 Å². The highest BCUT2D eigenvalue weighted by molar-refractivity contribution is 6.02. The van der Waals surface area contributed by atoms with E-state index in [1.807, 2.05) is 69.6 Å². The minimum Gasteiger partial charge on any atom is -0.492 e.